The van der Waals surface area contributed by atoms with Crippen LogP contribution in [-0.2, 0) is 12.8 Å². The van der Waals surface area contributed by atoms with Crippen LogP contribution in [-0.4, -0.2) is 39.2 Å². The van der Waals surface area contributed by atoms with Crippen molar-refractivity contribution >= 4 is 39.2 Å². The van der Waals surface area contributed by atoms with E-state index in [1.807, 2.05) is 12.1 Å². The molecule has 2 aromatic carbocycles. The van der Waals surface area contributed by atoms with Crippen molar-refractivity contribution < 1.29 is 19.8 Å². The van der Waals surface area contributed by atoms with Gasteiger partial charge in [0.05, 0.1) is 11.9 Å². The van der Waals surface area contributed by atoms with E-state index in [1.165, 1.54) is 25.7 Å². The predicted molar refractivity (Wildman–Crippen MR) is 114 cm³/mol. The molecule has 2 rings (SSSR count). The van der Waals surface area contributed by atoms with Crippen molar-refractivity contribution in [3.63, 3.8) is 0 Å². The Labute approximate surface area is 194 Å². The monoisotopic (exact) mass is 590 g/mol. The summed E-state index contributed by atoms with van der Waals surface area (Å²) in [5.74, 6) is -2.19. The quantitative estimate of drug-likeness (QED) is 0.315. The fraction of sp³-hybridized carbons (Fsp3) is 0.417. The third-order valence-corrected chi connectivity index (χ3v) is 4.46. The molecule has 29 heavy (non-hydrogen) atoms. The standard InChI is InChI=1S/2C12H16O2.Pb/c2*1-2-3-4-6-10-7-5-8-11(9-10)12(13)14;/h2*5,7-9H,2-4,6H2,1H3,(H,13,14);/q;;+2/p-2. The second kappa shape index (κ2) is 16.1. The van der Waals surface area contributed by atoms with Crippen LogP contribution >= 0.6 is 0 Å². The number of benzene rings is 2. The summed E-state index contributed by atoms with van der Waals surface area (Å²) in [4.78, 5) is 21.1. The first-order valence-electron chi connectivity index (χ1n) is 10.1. The normalized spacial score (nSPS) is 9.72. The first-order valence-corrected chi connectivity index (χ1v) is 10.1. The van der Waals surface area contributed by atoms with Gasteiger partial charge in [-0.3, -0.25) is 0 Å². The van der Waals surface area contributed by atoms with Crippen molar-refractivity contribution in [1.29, 1.82) is 0 Å². The fourth-order valence-electron chi connectivity index (χ4n) is 2.87. The molecule has 2 radical (unpaired) electrons. The number of aryl methyl sites for hydroxylation is 2. The molecule has 5 heteroatoms. The molecule has 0 saturated heterocycles. The average Bonchev–Trinajstić information content (AvgIpc) is 2.69. The largest absolute Gasteiger partial charge is 2.00 e. The minimum Gasteiger partial charge on any atom is -0.545 e. The van der Waals surface area contributed by atoms with Crippen molar-refractivity contribution in [3.8, 4) is 0 Å². The van der Waals surface area contributed by atoms with Crippen molar-refractivity contribution in [1.82, 2.24) is 0 Å². The van der Waals surface area contributed by atoms with Crippen LogP contribution in [0, 0.1) is 0 Å². The number of carboxylic acids is 2. The van der Waals surface area contributed by atoms with Crippen LogP contribution in [0.2, 0.25) is 0 Å². The number of unbranched alkanes of at least 4 members (excludes halogenated alkanes) is 4. The van der Waals surface area contributed by atoms with Crippen molar-refractivity contribution in [2.45, 2.75) is 65.2 Å². The van der Waals surface area contributed by atoms with Crippen LogP contribution in [0.1, 0.15) is 84.2 Å². The van der Waals surface area contributed by atoms with E-state index in [9.17, 15) is 19.8 Å². The Morgan fingerprint density at radius 3 is 1.38 bits per heavy atom. The summed E-state index contributed by atoms with van der Waals surface area (Å²) in [7, 11) is 0. The summed E-state index contributed by atoms with van der Waals surface area (Å²) in [6, 6.07) is 14.0. The maximum atomic E-state index is 10.6. The molecule has 0 bridgehead atoms. The van der Waals surface area contributed by atoms with Gasteiger partial charge in [-0.1, -0.05) is 75.9 Å². The molecule has 0 atom stereocenters. The van der Waals surface area contributed by atoms with Crippen LogP contribution in [0.3, 0.4) is 0 Å². The molecule has 0 heterocycles. The minimum absolute atomic E-state index is 0. The Hall–Kier alpha value is -1.70. The second-order valence-electron chi connectivity index (χ2n) is 6.89. The molecule has 0 fully saturated rings. The molecule has 0 aromatic heterocycles. The molecule has 0 aliphatic carbocycles. The van der Waals surface area contributed by atoms with E-state index in [0.717, 1.165) is 36.8 Å². The molecular formula is C24H30O4Pb. The topological polar surface area (TPSA) is 80.3 Å². The molecule has 0 aliphatic heterocycles. The Morgan fingerprint density at radius 1 is 0.690 bits per heavy atom. The van der Waals surface area contributed by atoms with Crippen LogP contribution in [0.4, 0.5) is 0 Å². The first kappa shape index (κ1) is 27.3. The Kier molecular flexibility index (Phi) is 15.2. The zero-order valence-corrected chi connectivity index (χ0v) is 21.3. The molecule has 0 N–H and O–H groups in total. The maximum Gasteiger partial charge on any atom is 2.00 e. The number of aromatic carboxylic acids is 2. The summed E-state index contributed by atoms with van der Waals surface area (Å²) in [5, 5.41) is 21.1. The van der Waals surface area contributed by atoms with E-state index in [-0.39, 0.29) is 38.4 Å². The maximum absolute atomic E-state index is 10.6. The number of carbonyl (C=O) groups excluding carboxylic acids is 2. The molecular weight excluding hydrogens is 559 g/mol. The van der Waals surface area contributed by atoms with Crippen LogP contribution < -0.4 is 10.2 Å². The summed E-state index contributed by atoms with van der Waals surface area (Å²) < 4.78 is 0. The van der Waals surface area contributed by atoms with Gasteiger partial charge in [-0.15, -0.1) is 0 Å². The summed E-state index contributed by atoms with van der Waals surface area (Å²) in [6.45, 7) is 4.30. The van der Waals surface area contributed by atoms with E-state index in [1.54, 1.807) is 36.4 Å². The van der Waals surface area contributed by atoms with Gasteiger partial charge in [-0.05, 0) is 60.1 Å². The van der Waals surface area contributed by atoms with Gasteiger partial charge in [-0.25, -0.2) is 0 Å². The second-order valence-corrected chi connectivity index (χ2v) is 6.89. The number of hydrogen-bond donors (Lipinski definition) is 0. The Morgan fingerprint density at radius 2 is 1.07 bits per heavy atom. The van der Waals surface area contributed by atoms with Crippen molar-refractivity contribution in [2.75, 3.05) is 0 Å². The average molecular weight is 590 g/mol. The number of carboxylic acid groups (broad SMARTS) is 2. The van der Waals surface area contributed by atoms with Crippen molar-refractivity contribution in [2.24, 2.45) is 0 Å². The summed E-state index contributed by atoms with van der Waals surface area (Å²) in [5.41, 5.74) is 2.72. The third kappa shape index (κ3) is 11.8. The summed E-state index contributed by atoms with van der Waals surface area (Å²) in [6.07, 6.45) is 8.88. The van der Waals surface area contributed by atoms with Gasteiger partial charge in [0.1, 0.15) is 0 Å². The SMILES string of the molecule is CCCCCc1cccc(C(=O)[O-])c1.CCCCCc1cccc(C(=O)[O-])c1.[Pb+2]. The number of rotatable bonds is 10. The first-order chi connectivity index (χ1) is 13.5. The third-order valence-electron chi connectivity index (χ3n) is 4.46. The fourth-order valence-corrected chi connectivity index (χ4v) is 2.87. The zero-order valence-electron chi connectivity index (χ0n) is 17.4. The van der Waals surface area contributed by atoms with Crippen LogP contribution in [0.15, 0.2) is 48.5 Å². The van der Waals surface area contributed by atoms with Crippen LogP contribution in [0.5, 0.6) is 0 Å². The van der Waals surface area contributed by atoms with Gasteiger partial charge in [0.15, 0.2) is 0 Å². The van der Waals surface area contributed by atoms with Gasteiger partial charge < -0.3 is 19.8 Å². The Balaban J connectivity index is 0.000000523. The molecule has 2 aromatic rings. The molecule has 0 aliphatic rings. The number of hydrogen-bond acceptors (Lipinski definition) is 4. The van der Waals surface area contributed by atoms with E-state index in [4.69, 9.17) is 0 Å². The molecule has 0 spiro atoms. The minimum atomic E-state index is -1.10. The molecule has 154 valence electrons. The molecule has 0 amide bonds. The molecule has 0 unspecified atom stereocenters. The summed E-state index contributed by atoms with van der Waals surface area (Å²) >= 11 is 0. The van der Waals surface area contributed by atoms with Crippen LogP contribution in [0.25, 0.3) is 0 Å². The van der Waals surface area contributed by atoms with E-state index >= 15 is 0 Å². The predicted octanol–water partition coefficient (Wildman–Crippen LogP) is 3.18. The van der Waals surface area contributed by atoms with E-state index in [2.05, 4.69) is 13.8 Å². The Bertz CT molecular complexity index is 680. The van der Waals surface area contributed by atoms with E-state index < -0.39 is 11.9 Å². The van der Waals surface area contributed by atoms with Gasteiger partial charge in [0.25, 0.3) is 0 Å². The molecule has 0 saturated carbocycles. The smallest absolute Gasteiger partial charge is 0.545 e. The molecule has 4 nitrogen and oxygen atoms in total. The van der Waals surface area contributed by atoms with E-state index in [0.29, 0.717) is 0 Å². The number of carbonyl (C=O) groups is 2. The van der Waals surface area contributed by atoms with Gasteiger partial charge >= 0.3 is 27.3 Å². The van der Waals surface area contributed by atoms with Crippen molar-refractivity contribution in [3.05, 3.63) is 70.8 Å². The van der Waals surface area contributed by atoms with Gasteiger partial charge in [0.2, 0.25) is 0 Å². The van der Waals surface area contributed by atoms with Gasteiger partial charge in [-0.2, -0.15) is 0 Å². The zero-order chi connectivity index (χ0) is 20.8. The van der Waals surface area contributed by atoms with Gasteiger partial charge in [0, 0.05) is 0 Å².